The van der Waals surface area contributed by atoms with Crippen LogP contribution in [0.4, 0.5) is 5.69 Å². The van der Waals surface area contributed by atoms with E-state index in [1.165, 1.54) is 0 Å². The summed E-state index contributed by atoms with van der Waals surface area (Å²) in [5.74, 6) is 0.607. The highest BCUT2D eigenvalue weighted by Crippen LogP contribution is 2.23. The van der Waals surface area contributed by atoms with Crippen LogP contribution in [0.25, 0.3) is 10.8 Å². The van der Waals surface area contributed by atoms with Crippen LogP contribution in [0.2, 0.25) is 0 Å². The molecule has 116 valence electrons. The van der Waals surface area contributed by atoms with E-state index < -0.39 is 0 Å². The molecule has 0 radical (unpaired) electrons. The Labute approximate surface area is 135 Å². The van der Waals surface area contributed by atoms with Crippen LogP contribution in [0.3, 0.4) is 0 Å². The summed E-state index contributed by atoms with van der Waals surface area (Å²) in [7, 11) is 0. The number of hydrogen-bond acceptors (Lipinski definition) is 2. The fourth-order valence-corrected chi connectivity index (χ4v) is 2.60. The van der Waals surface area contributed by atoms with Gasteiger partial charge in [0.25, 0.3) is 5.91 Å². The number of carbonyl (C=O) groups excluding carboxylic acids is 1. The first-order chi connectivity index (χ1) is 11.3. The molecule has 3 heteroatoms. The second-order valence-corrected chi connectivity index (χ2v) is 5.32. The largest absolute Gasteiger partial charge is 0.483 e. The third-order valence-electron chi connectivity index (χ3n) is 3.78. The maximum Gasteiger partial charge on any atom is 0.262 e. The van der Waals surface area contributed by atoms with Gasteiger partial charge in [-0.05, 0) is 29.5 Å². The first-order valence-electron chi connectivity index (χ1n) is 7.76. The number of anilines is 1. The molecule has 0 saturated heterocycles. The van der Waals surface area contributed by atoms with Gasteiger partial charge in [-0.1, -0.05) is 61.5 Å². The fourth-order valence-electron chi connectivity index (χ4n) is 2.60. The molecule has 0 spiro atoms. The Kier molecular flexibility index (Phi) is 4.57. The van der Waals surface area contributed by atoms with Gasteiger partial charge < -0.3 is 10.1 Å². The highest BCUT2D eigenvalue weighted by atomic mass is 16.5. The summed E-state index contributed by atoms with van der Waals surface area (Å²) in [5.41, 5.74) is 1.91. The van der Waals surface area contributed by atoms with Crippen molar-refractivity contribution in [2.45, 2.75) is 13.3 Å². The number of benzene rings is 3. The van der Waals surface area contributed by atoms with Crippen LogP contribution in [0.5, 0.6) is 5.75 Å². The van der Waals surface area contributed by atoms with Crippen LogP contribution in [0, 0.1) is 0 Å². The van der Waals surface area contributed by atoms with E-state index in [2.05, 4.69) is 12.2 Å². The second kappa shape index (κ2) is 6.97. The summed E-state index contributed by atoms with van der Waals surface area (Å²) in [6.45, 7) is 2.07. The van der Waals surface area contributed by atoms with E-state index in [4.69, 9.17) is 4.74 Å². The van der Waals surface area contributed by atoms with Crippen molar-refractivity contribution in [1.82, 2.24) is 0 Å². The molecule has 3 nitrogen and oxygen atoms in total. The zero-order valence-corrected chi connectivity index (χ0v) is 13.1. The molecule has 0 saturated carbocycles. The number of fused-ring (bicyclic) bond motifs is 1. The number of nitrogens with one attached hydrogen (secondary N) is 1. The summed E-state index contributed by atoms with van der Waals surface area (Å²) in [4.78, 5) is 12.2. The van der Waals surface area contributed by atoms with Crippen LogP contribution in [-0.4, -0.2) is 12.5 Å². The average molecular weight is 305 g/mol. The van der Waals surface area contributed by atoms with Gasteiger partial charge in [0.2, 0.25) is 0 Å². The molecule has 0 unspecified atom stereocenters. The normalized spacial score (nSPS) is 10.5. The van der Waals surface area contributed by atoms with Crippen LogP contribution < -0.4 is 10.1 Å². The third kappa shape index (κ3) is 3.51. The van der Waals surface area contributed by atoms with Crippen molar-refractivity contribution in [1.29, 1.82) is 0 Å². The van der Waals surface area contributed by atoms with E-state index in [0.29, 0.717) is 0 Å². The SMILES string of the molecule is CCc1ccccc1OCC(=O)Nc1cccc2ccccc12. The molecule has 0 heterocycles. The lowest BCUT2D eigenvalue weighted by atomic mass is 10.1. The van der Waals surface area contributed by atoms with Crippen molar-refractivity contribution in [3.05, 3.63) is 72.3 Å². The zero-order chi connectivity index (χ0) is 16.1. The van der Waals surface area contributed by atoms with Gasteiger partial charge >= 0.3 is 0 Å². The van der Waals surface area contributed by atoms with Gasteiger partial charge in [-0.25, -0.2) is 0 Å². The second-order valence-electron chi connectivity index (χ2n) is 5.32. The molecule has 3 aromatic carbocycles. The molecule has 0 atom stereocenters. The van der Waals surface area contributed by atoms with Crippen LogP contribution in [0.1, 0.15) is 12.5 Å². The molecule has 0 fully saturated rings. The lowest BCUT2D eigenvalue weighted by molar-refractivity contribution is -0.118. The van der Waals surface area contributed by atoms with Crippen molar-refractivity contribution in [2.24, 2.45) is 0 Å². The Bertz CT molecular complexity index is 821. The molecule has 0 aliphatic heterocycles. The van der Waals surface area contributed by atoms with Crippen molar-refractivity contribution >= 4 is 22.4 Å². The van der Waals surface area contributed by atoms with E-state index in [0.717, 1.165) is 34.2 Å². The predicted octanol–water partition coefficient (Wildman–Crippen LogP) is 4.42. The van der Waals surface area contributed by atoms with Crippen molar-refractivity contribution in [3.8, 4) is 5.75 Å². The Hall–Kier alpha value is -2.81. The number of amides is 1. The summed E-state index contributed by atoms with van der Waals surface area (Å²) >= 11 is 0. The van der Waals surface area contributed by atoms with Crippen LogP contribution in [-0.2, 0) is 11.2 Å². The van der Waals surface area contributed by atoms with Gasteiger partial charge in [-0.2, -0.15) is 0 Å². The molecule has 0 aromatic heterocycles. The molecule has 3 rings (SSSR count). The topological polar surface area (TPSA) is 38.3 Å². The number of carbonyl (C=O) groups is 1. The average Bonchev–Trinajstić information content (AvgIpc) is 2.60. The zero-order valence-electron chi connectivity index (χ0n) is 13.1. The first kappa shape index (κ1) is 15.1. The number of hydrogen-bond donors (Lipinski definition) is 1. The molecule has 0 bridgehead atoms. The predicted molar refractivity (Wildman–Crippen MR) is 93.9 cm³/mol. The third-order valence-corrected chi connectivity index (χ3v) is 3.78. The van der Waals surface area contributed by atoms with Gasteiger partial charge in [0.05, 0.1) is 0 Å². The molecular formula is C20H19NO2. The van der Waals surface area contributed by atoms with Crippen LogP contribution in [0.15, 0.2) is 66.7 Å². The maximum atomic E-state index is 12.2. The lowest BCUT2D eigenvalue weighted by Gasteiger charge is -2.11. The molecule has 1 N–H and O–H groups in total. The molecule has 23 heavy (non-hydrogen) atoms. The van der Waals surface area contributed by atoms with E-state index in [-0.39, 0.29) is 12.5 Å². The van der Waals surface area contributed by atoms with E-state index in [9.17, 15) is 4.79 Å². The van der Waals surface area contributed by atoms with Crippen molar-refractivity contribution in [2.75, 3.05) is 11.9 Å². The molecule has 3 aromatic rings. The van der Waals surface area contributed by atoms with Crippen molar-refractivity contribution in [3.63, 3.8) is 0 Å². The smallest absolute Gasteiger partial charge is 0.262 e. The van der Waals surface area contributed by atoms with Crippen molar-refractivity contribution < 1.29 is 9.53 Å². The van der Waals surface area contributed by atoms with E-state index in [1.54, 1.807) is 0 Å². The Balaban J connectivity index is 1.69. The maximum absolute atomic E-state index is 12.2. The quantitative estimate of drug-likeness (QED) is 0.758. The van der Waals surface area contributed by atoms with Gasteiger partial charge in [0, 0.05) is 11.1 Å². The van der Waals surface area contributed by atoms with Gasteiger partial charge in [0.1, 0.15) is 5.75 Å². The Morgan fingerprint density at radius 1 is 0.957 bits per heavy atom. The number of para-hydroxylation sites is 1. The van der Waals surface area contributed by atoms with Gasteiger partial charge in [-0.3, -0.25) is 4.79 Å². The number of aryl methyl sites for hydroxylation is 1. The fraction of sp³-hybridized carbons (Fsp3) is 0.150. The first-order valence-corrected chi connectivity index (χ1v) is 7.76. The summed E-state index contributed by atoms with van der Waals surface area (Å²) in [6.07, 6.45) is 0.876. The minimum absolute atomic E-state index is 0.000233. The summed E-state index contributed by atoms with van der Waals surface area (Å²) in [6, 6.07) is 21.6. The standard InChI is InChI=1S/C20H19NO2/c1-2-15-8-4-6-13-19(15)23-14-20(22)21-18-12-7-10-16-9-3-5-11-17(16)18/h3-13H,2,14H2,1H3,(H,21,22). The van der Waals surface area contributed by atoms with Crippen LogP contribution >= 0.6 is 0 Å². The molecule has 0 aliphatic rings. The summed E-state index contributed by atoms with van der Waals surface area (Å²) in [5, 5.41) is 5.05. The Morgan fingerprint density at radius 2 is 1.70 bits per heavy atom. The molecular weight excluding hydrogens is 286 g/mol. The van der Waals surface area contributed by atoms with E-state index in [1.807, 2.05) is 66.7 Å². The highest BCUT2D eigenvalue weighted by molar-refractivity contribution is 6.02. The minimum atomic E-state index is -0.160. The van der Waals surface area contributed by atoms with Gasteiger partial charge in [-0.15, -0.1) is 0 Å². The monoisotopic (exact) mass is 305 g/mol. The Morgan fingerprint density at radius 3 is 2.57 bits per heavy atom. The molecule has 1 amide bonds. The summed E-state index contributed by atoms with van der Waals surface area (Å²) < 4.78 is 5.66. The van der Waals surface area contributed by atoms with Gasteiger partial charge in [0.15, 0.2) is 6.61 Å². The highest BCUT2D eigenvalue weighted by Gasteiger charge is 2.08. The number of ether oxygens (including phenoxy) is 1. The minimum Gasteiger partial charge on any atom is -0.483 e. The molecule has 0 aliphatic carbocycles. The lowest BCUT2D eigenvalue weighted by Crippen LogP contribution is -2.20. The number of rotatable bonds is 5. The van der Waals surface area contributed by atoms with E-state index >= 15 is 0 Å².